The van der Waals surface area contributed by atoms with E-state index in [0.717, 1.165) is 30.6 Å². The van der Waals surface area contributed by atoms with E-state index in [1.54, 1.807) is 0 Å². The highest BCUT2D eigenvalue weighted by atomic mass is 16.2. The van der Waals surface area contributed by atoms with E-state index in [4.69, 9.17) is 0 Å². The number of anilines is 1. The normalized spacial score (nSPS) is 18.7. The van der Waals surface area contributed by atoms with Crippen molar-refractivity contribution < 1.29 is 9.59 Å². The van der Waals surface area contributed by atoms with Gasteiger partial charge in [-0.15, -0.1) is 0 Å². The number of carbonyl (C=O) groups is 2. The molecule has 5 nitrogen and oxygen atoms in total. The number of aryl methyl sites for hydroxylation is 1. The Kier molecular flexibility index (Phi) is 5.55. The lowest BCUT2D eigenvalue weighted by Crippen LogP contribution is -2.42. The van der Waals surface area contributed by atoms with Gasteiger partial charge in [0.2, 0.25) is 11.8 Å². The van der Waals surface area contributed by atoms with Crippen LogP contribution in [0.3, 0.4) is 0 Å². The van der Waals surface area contributed by atoms with Crippen molar-refractivity contribution in [3.63, 3.8) is 0 Å². The average molecular weight is 303 g/mol. The summed E-state index contributed by atoms with van der Waals surface area (Å²) in [5.74, 6) is -0.162. The highest BCUT2D eigenvalue weighted by molar-refractivity contribution is 5.97. The first kappa shape index (κ1) is 16.5. The Morgan fingerprint density at radius 1 is 1.36 bits per heavy atom. The molecule has 0 radical (unpaired) electrons. The average Bonchev–Trinajstić information content (AvgIpc) is 2.66. The van der Waals surface area contributed by atoms with Crippen molar-refractivity contribution in [3.8, 4) is 0 Å². The minimum absolute atomic E-state index is 0.0323. The summed E-state index contributed by atoms with van der Waals surface area (Å²) in [5.41, 5.74) is 3.17. The SMILES string of the molecule is Cc1cc(NC(=O)[C@H]2CCCCC(=O)N2)ccc1CN(C)C. The van der Waals surface area contributed by atoms with Gasteiger partial charge in [-0.2, -0.15) is 0 Å². The number of nitrogens with zero attached hydrogens (tertiary/aromatic N) is 1. The first-order valence-corrected chi connectivity index (χ1v) is 7.80. The molecule has 1 aromatic rings. The number of amides is 2. The van der Waals surface area contributed by atoms with E-state index in [1.165, 1.54) is 5.56 Å². The number of carbonyl (C=O) groups excluding carboxylic acids is 2. The predicted molar refractivity (Wildman–Crippen MR) is 87.6 cm³/mol. The van der Waals surface area contributed by atoms with Gasteiger partial charge in [-0.25, -0.2) is 0 Å². The molecule has 0 unspecified atom stereocenters. The molecule has 0 bridgehead atoms. The van der Waals surface area contributed by atoms with Crippen molar-refractivity contribution in [2.45, 2.75) is 45.2 Å². The van der Waals surface area contributed by atoms with Crippen LogP contribution < -0.4 is 10.6 Å². The van der Waals surface area contributed by atoms with Crippen molar-refractivity contribution in [1.82, 2.24) is 10.2 Å². The van der Waals surface area contributed by atoms with E-state index in [0.29, 0.717) is 12.8 Å². The molecule has 120 valence electrons. The van der Waals surface area contributed by atoms with Crippen LogP contribution in [-0.4, -0.2) is 36.9 Å². The third-order valence-corrected chi connectivity index (χ3v) is 3.90. The Balaban J connectivity index is 2.02. The molecular weight excluding hydrogens is 278 g/mol. The zero-order valence-electron chi connectivity index (χ0n) is 13.6. The minimum atomic E-state index is -0.420. The van der Waals surface area contributed by atoms with Gasteiger partial charge in [0.15, 0.2) is 0 Å². The summed E-state index contributed by atoms with van der Waals surface area (Å²) < 4.78 is 0. The van der Waals surface area contributed by atoms with Gasteiger partial charge in [-0.3, -0.25) is 9.59 Å². The fourth-order valence-electron chi connectivity index (χ4n) is 2.69. The molecule has 1 aromatic carbocycles. The molecule has 1 atom stereocenters. The van der Waals surface area contributed by atoms with Gasteiger partial charge in [0.1, 0.15) is 6.04 Å². The van der Waals surface area contributed by atoms with Crippen LogP contribution in [0, 0.1) is 6.92 Å². The molecule has 2 rings (SSSR count). The quantitative estimate of drug-likeness (QED) is 0.895. The first-order chi connectivity index (χ1) is 10.5. The molecule has 5 heteroatoms. The minimum Gasteiger partial charge on any atom is -0.344 e. The van der Waals surface area contributed by atoms with Gasteiger partial charge >= 0.3 is 0 Å². The van der Waals surface area contributed by atoms with Crippen LogP contribution in [0.4, 0.5) is 5.69 Å². The molecule has 0 spiro atoms. The summed E-state index contributed by atoms with van der Waals surface area (Å²) in [7, 11) is 4.06. The second-order valence-electron chi connectivity index (χ2n) is 6.23. The van der Waals surface area contributed by atoms with Crippen molar-refractivity contribution in [3.05, 3.63) is 29.3 Å². The molecular formula is C17H25N3O2. The molecule has 1 fully saturated rings. The lowest BCUT2D eigenvalue weighted by atomic mass is 10.1. The van der Waals surface area contributed by atoms with E-state index in [1.807, 2.05) is 39.2 Å². The Morgan fingerprint density at radius 2 is 2.14 bits per heavy atom. The zero-order valence-corrected chi connectivity index (χ0v) is 13.6. The van der Waals surface area contributed by atoms with Crippen LogP contribution in [0.15, 0.2) is 18.2 Å². The lowest BCUT2D eigenvalue weighted by molar-refractivity contribution is -0.125. The largest absolute Gasteiger partial charge is 0.344 e. The number of hydrogen-bond donors (Lipinski definition) is 2. The van der Waals surface area contributed by atoms with Crippen molar-refractivity contribution in [1.29, 1.82) is 0 Å². The van der Waals surface area contributed by atoms with Crippen LogP contribution in [0.25, 0.3) is 0 Å². The summed E-state index contributed by atoms with van der Waals surface area (Å²) in [6.07, 6.45) is 2.98. The van der Waals surface area contributed by atoms with E-state index in [-0.39, 0.29) is 11.8 Å². The van der Waals surface area contributed by atoms with Crippen LogP contribution in [0.2, 0.25) is 0 Å². The number of nitrogens with one attached hydrogen (secondary N) is 2. The molecule has 0 aromatic heterocycles. The standard InChI is InChI=1S/C17H25N3O2/c1-12-10-14(9-8-13(12)11-20(2)3)18-17(22)15-6-4-5-7-16(21)19-15/h8-10,15H,4-7,11H2,1-3H3,(H,18,22)(H,19,21)/t15-/m1/s1. The number of rotatable bonds is 4. The maximum absolute atomic E-state index is 12.3. The van der Waals surface area contributed by atoms with Crippen LogP contribution in [0.5, 0.6) is 0 Å². The fraction of sp³-hybridized carbons (Fsp3) is 0.529. The van der Waals surface area contributed by atoms with Crippen LogP contribution in [-0.2, 0) is 16.1 Å². The third kappa shape index (κ3) is 4.56. The number of hydrogen-bond acceptors (Lipinski definition) is 3. The fourth-order valence-corrected chi connectivity index (χ4v) is 2.69. The van der Waals surface area contributed by atoms with E-state index >= 15 is 0 Å². The van der Waals surface area contributed by atoms with Crippen LogP contribution in [0.1, 0.15) is 36.8 Å². The summed E-state index contributed by atoms with van der Waals surface area (Å²) in [6.45, 7) is 2.92. The molecule has 0 saturated carbocycles. The second-order valence-corrected chi connectivity index (χ2v) is 6.23. The molecule has 1 heterocycles. The summed E-state index contributed by atoms with van der Waals surface area (Å²) >= 11 is 0. The number of benzene rings is 1. The monoisotopic (exact) mass is 303 g/mol. The summed E-state index contributed by atoms with van der Waals surface area (Å²) in [5, 5.41) is 5.71. The zero-order chi connectivity index (χ0) is 16.1. The maximum atomic E-state index is 12.3. The molecule has 2 amide bonds. The van der Waals surface area contributed by atoms with Crippen molar-refractivity contribution >= 4 is 17.5 Å². The Labute approximate surface area is 132 Å². The second kappa shape index (κ2) is 7.40. The summed E-state index contributed by atoms with van der Waals surface area (Å²) in [4.78, 5) is 26.0. The Hall–Kier alpha value is -1.88. The predicted octanol–water partition coefficient (Wildman–Crippen LogP) is 2.05. The smallest absolute Gasteiger partial charge is 0.246 e. The van der Waals surface area contributed by atoms with Gasteiger partial charge < -0.3 is 15.5 Å². The summed E-state index contributed by atoms with van der Waals surface area (Å²) in [6, 6.07) is 5.52. The van der Waals surface area contributed by atoms with Gasteiger partial charge in [-0.1, -0.05) is 12.5 Å². The lowest BCUT2D eigenvalue weighted by Gasteiger charge is -2.17. The molecule has 22 heavy (non-hydrogen) atoms. The van der Waals surface area contributed by atoms with Gasteiger partial charge in [0, 0.05) is 18.7 Å². The molecule has 0 aliphatic carbocycles. The molecule has 1 saturated heterocycles. The van der Waals surface area contributed by atoms with Gasteiger partial charge in [0.05, 0.1) is 0 Å². The van der Waals surface area contributed by atoms with E-state index in [9.17, 15) is 9.59 Å². The van der Waals surface area contributed by atoms with Gasteiger partial charge in [0.25, 0.3) is 0 Å². The Morgan fingerprint density at radius 3 is 2.82 bits per heavy atom. The van der Waals surface area contributed by atoms with E-state index < -0.39 is 6.04 Å². The Bertz CT molecular complexity index is 555. The highest BCUT2D eigenvalue weighted by Gasteiger charge is 2.23. The van der Waals surface area contributed by atoms with Crippen molar-refractivity contribution in [2.75, 3.05) is 19.4 Å². The maximum Gasteiger partial charge on any atom is 0.246 e. The van der Waals surface area contributed by atoms with E-state index in [2.05, 4.69) is 15.5 Å². The molecule has 1 aliphatic heterocycles. The highest BCUT2D eigenvalue weighted by Crippen LogP contribution is 2.17. The molecule has 1 aliphatic rings. The topological polar surface area (TPSA) is 61.4 Å². The van der Waals surface area contributed by atoms with Gasteiger partial charge in [-0.05, 0) is 57.1 Å². The first-order valence-electron chi connectivity index (χ1n) is 7.80. The molecule has 2 N–H and O–H groups in total. The third-order valence-electron chi connectivity index (χ3n) is 3.90. The van der Waals surface area contributed by atoms with Crippen LogP contribution >= 0.6 is 0 Å². The van der Waals surface area contributed by atoms with Crippen molar-refractivity contribution in [2.24, 2.45) is 0 Å².